The van der Waals surface area contributed by atoms with Crippen molar-refractivity contribution in [3.63, 3.8) is 0 Å². The number of carbonyl (C=O) groups excluding carboxylic acids is 1. The standard InChI is InChI=1S/C16H17F3N2O3/c1-9-5-6-13-12(7-9)15(24,16(17,18)19)21(20-13)14(23)10-3-2-4-11(22)8-10/h2-4,8-9,12,22,24H,5-7H2,1H3/t9-,12-,15+/m1/s1. The van der Waals surface area contributed by atoms with Crippen LogP contribution >= 0.6 is 0 Å². The highest BCUT2D eigenvalue weighted by molar-refractivity contribution is 5.99. The minimum absolute atomic E-state index is 0.00125. The first kappa shape index (κ1) is 16.8. The second-order valence-electron chi connectivity index (χ2n) is 6.41. The van der Waals surface area contributed by atoms with Crippen molar-refractivity contribution >= 4 is 11.6 Å². The number of amides is 1. The maximum absolute atomic E-state index is 13.7. The number of aliphatic hydroxyl groups is 1. The van der Waals surface area contributed by atoms with Crippen molar-refractivity contribution in [1.82, 2.24) is 5.01 Å². The molecule has 0 saturated heterocycles. The predicted molar refractivity (Wildman–Crippen MR) is 79.2 cm³/mol. The Morgan fingerprint density at radius 3 is 2.75 bits per heavy atom. The molecule has 0 bridgehead atoms. The van der Waals surface area contributed by atoms with E-state index in [0.717, 1.165) is 6.07 Å². The van der Waals surface area contributed by atoms with Crippen LogP contribution in [0.2, 0.25) is 0 Å². The first-order valence-electron chi connectivity index (χ1n) is 7.64. The Balaban J connectivity index is 2.05. The molecule has 1 fully saturated rings. The normalized spacial score (nSPS) is 30.0. The van der Waals surface area contributed by atoms with Gasteiger partial charge in [0.1, 0.15) is 5.75 Å². The first-order chi connectivity index (χ1) is 11.1. The van der Waals surface area contributed by atoms with Gasteiger partial charge in [0.2, 0.25) is 0 Å². The Hall–Kier alpha value is -2.09. The lowest BCUT2D eigenvalue weighted by Crippen LogP contribution is -2.61. The van der Waals surface area contributed by atoms with Crippen LogP contribution in [0.3, 0.4) is 0 Å². The molecule has 2 N–H and O–H groups in total. The molecule has 24 heavy (non-hydrogen) atoms. The van der Waals surface area contributed by atoms with E-state index in [2.05, 4.69) is 5.10 Å². The molecule has 0 unspecified atom stereocenters. The van der Waals surface area contributed by atoms with Crippen molar-refractivity contribution in [2.75, 3.05) is 0 Å². The summed E-state index contributed by atoms with van der Waals surface area (Å²) in [4.78, 5) is 12.5. The average Bonchev–Trinajstić information content (AvgIpc) is 2.80. The number of halogens is 3. The molecular formula is C16H17F3N2O3. The fourth-order valence-electron chi connectivity index (χ4n) is 3.37. The summed E-state index contributed by atoms with van der Waals surface area (Å²) in [5.41, 5.74) is -3.34. The van der Waals surface area contributed by atoms with Gasteiger partial charge in [0.05, 0.1) is 5.92 Å². The first-order valence-corrected chi connectivity index (χ1v) is 7.64. The zero-order valence-electron chi connectivity index (χ0n) is 12.9. The number of phenolic OH excluding ortho intramolecular Hbond substituents is 1. The predicted octanol–water partition coefficient (Wildman–Crippen LogP) is 2.89. The molecule has 130 valence electrons. The summed E-state index contributed by atoms with van der Waals surface area (Å²) in [6.45, 7) is 1.81. The van der Waals surface area contributed by atoms with Crippen molar-refractivity contribution < 1.29 is 28.2 Å². The fraction of sp³-hybridized carbons (Fsp3) is 0.500. The molecule has 8 heteroatoms. The lowest BCUT2D eigenvalue weighted by Gasteiger charge is -2.39. The van der Waals surface area contributed by atoms with Gasteiger partial charge in [0, 0.05) is 11.3 Å². The van der Waals surface area contributed by atoms with Crippen LogP contribution in [-0.2, 0) is 0 Å². The number of alkyl halides is 3. The molecule has 3 rings (SSSR count). The van der Waals surface area contributed by atoms with Crippen molar-refractivity contribution in [3.8, 4) is 5.75 Å². The molecule has 2 aliphatic rings. The minimum Gasteiger partial charge on any atom is -0.508 e. The van der Waals surface area contributed by atoms with Crippen LogP contribution in [0.5, 0.6) is 5.75 Å². The molecule has 1 aliphatic carbocycles. The molecule has 0 radical (unpaired) electrons. The van der Waals surface area contributed by atoms with Crippen LogP contribution in [0, 0.1) is 11.8 Å². The molecule has 1 saturated carbocycles. The quantitative estimate of drug-likeness (QED) is 0.824. The van der Waals surface area contributed by atoms with Gasteiger partial charge < -0.3 is 10.2 Å². The van der Waals surface area contributed by atoms with Crippen molar-refractivity contribution in [3.05, 3.63) is 29.8 Å². The number of nitrogens with zero attached hydrogens (tertiary/aromatic N) is 2. The highest BCUT2D eigenvalue weighted by Gasteiger charge is 2.68. The van der Waals surface area contributed by atoms with E-state index < -0.39 is 23.7 Å². The van der Waals surface area contributed by atoms with Crippen LogP contribution in [-0.4, -0.2) is 38.7 Å². The Morgan fingerprint density at radius 2 is 2.12 bits per heavy atom. The number of rotatable bonds is 1. The van der Waals surface area contributed by atoms with Gasteiger partial charge in [-0.15, -0.1) is 0 Å². The number of hydrazone groups is 1. The number of hydrogen-bond donors (Lipinski definition) is 2. The van der Waals surface area contributed by atoms with Gasteiger partial charge in [0.15, 0.2) is 0 Å². The maximum atomic E-state index is 13.7. The molecule has 1 aliphatic heterocycles. The van der Waals surface area contributed by atoms with Crippen LogP contribution in [0.25, 0.3) is 0 Å². The summed E-state index contributed by atoms with van der Waals surface area (Å²) in [6, 6.07) is 4.95. The monoisotopic (exact) mass is 342 g/mol. The van der Waals surface area contributed by atoms with Crippen molar-refractivity contribution in [2.45, 2.75) is 38.1 Å². The van der Waals surface area contributed by atoms with Crippen molar-refractivity contribution in [2.24, 2.45) is 16.9 Å². The fourth-order valence-corrected chi connectivity index (χ4v) is 3.37. The van der Waals surface area contributed by atoms with Gasteiger partial charge >= 0.3 is 6.18 Å². The Bertz CT molecular complexity index is 704. The second-order valence-corrected chi connectivity index (χ2v) is 6.41. The number of phenols is 1. The van der Waals surface area contributed by atoms with Gasteiger partial charge in [-0.1, -0.05) is 13.0 Å². The van der Waals surface area contributed by atoms with E-state index in [-0.39, 0.29) is 34.4 Å². The zero-order valence-corrected chi connectivity index (χ0v) is 12.9. The Morgan fingerprint density at radius 1 is 1.42 bits per heavy atom. The smallest absolute Gasteiger partial charge is 0.439 e. The molecule has 5 nitrogen and oxygen atoms in total. The SMILES string of the molecule is C[C@@H]1CCC2=NN(C(=O)c3cccc(O)c3)[C@@](O)(C(F)(F)F)[C@@H]2C1. The molecule has 0 spiro atoms. The molecule has 1 amide bonds. The van der Waals surface area contributed by atoms with E-state index >= 15 is 0 Å². The summed E-state index contributed by atoms with van der Waals surface area (Å²) in [5, 5.41) is 23.9. The minimum atomic E-state index is -5.05. The van der Waals surface area contributed by atoms with Crippen LogP contribution in [0.1, 0.15) is 36.5 Å². The lowest BCUT2D eigenvalue weighted by atomic mass is 9.76. The Labute approximate surface area is 136 Å². The summed E-state index contributed by atoms with van der Waals surface area (Å²) >= 11 is 0. The number of benzene rings is 1. The number of carbonyl (C=O) groups is 1. The topological polar surface area (TPSA) is 73.1 Å². The number of hydrogen-bond acceptors (Lipinski definition) is 4. The third-order valence-corrected chi connectivity index (χ3v) is 4.67. The summed E-state index contributed by atoms with van der Waals surface area (Å²) in [5.74, 6) is -2.62. The number of fused-ring (bicyclic) bond motifs is 1. The van der Waals surface area contributed by atoms with Gasteiger partial charge in [-0.2, -0.15) is 23.3 Å². The Kier molecular flexibility index (Phi) is 3.82. The molecule has 1 aromatic rings. The average molecular weight is 342 g/mol. The second kappa shape index (κ2) is 5.47. The van der Waals surface area contributed by atoms with E-state index in [1.54, 1.807) is 0 Å². The summed E-state index contributed by atoms with van der Waals surface area (Å²) in [7, 11) is 0. The van der Waals surface area contributed by atoms with Gasteiger partial charge in [-0.25, -0.2) is 0 Å². The molecule has 0 aromatic heterocycles. The van der Waals surface area contributed by atoms with E-state index in [1.807, 2.05) is 6.92 Å². The lowest BCUT2D eigenvalue weighted by molar-refractivity contribution is -0.313. The molecule has 1 aromatic carbocycles. The molecular weight excluding hydrogens is 325 g/mol. The third kappa shape index (κ3) is 2.45. The van der Waals surface area contributed by atoms with E-state index in [9.17, 15) is 28.2 Å². The van der Waals surface area contributed by atoms with E-state index in [4.69, 9.17) is 0 Å². The van der Waals surface area contributed by atoms with Crippen LogP contribution in [0.15, 0.2) is 29.4 Å². The summed E-state index contributed by atoms with van der Waals surface area (Å²) in [6.07, 6.45) is -3.96. The maximum Gasteiger partial charge on any atom is 0.439 e. The van der Waals surface area contributed by atoms with Crippen LogP contribution < -0.4 is 0 Å². The third-order valence-electron chi connectivity index (χ3n) is 4.67. The van der Waals surface area contributed by atoms with Crippen LogP contribution in [0.4, 0.5) is 13.2 Å². The zero-order chi connectivity index (χ0) is 17.7. The number of aromatic hydroxyl groups is 1. The summed E-state index contributed by atoms with van der Waals surface area (Å²) < 4.78 is 41.0. The largest absolute Gasteiger partial charge is 0.508 e. The van der Waals surface area contributed by atoms with Crippen molar-refractivity contribution in [1.29, 1.82) is 0 Å². The van der Waals surface area contributed by atoms with Gasteiger partial charge in [0.25, 0.3) is 11.6 Å². The highest BCUT2D eigenvalue weighted by atomic mass is 19.4. The highest BCUT2D eigenvalue weighted by Crippen LogP contribution is 2.49. The van der Waals surface area contributed by atoms with E-state index in [0.29, 0.717) is 12.8 Å². The van der Waals surface area contributed by atoms with Gasteiger partial charge in [-0.3, -0.25) is 4.79 Å². The molecule has 1 heterocycles. The molecule has 3 atom stereocenters. The van der Waals surface area contributed by atoms with Gasteiger partial charge in [-0.05, 0) is 43.4 Å². The van der Waals surface area contributed by atoms with E-state index in [1.165, 1.54) is 18.2 Å².